The van der Waals surface area contributed by atoms with Gasteiger partial charge >= 0.3 is 0 Å². The molecule has 0 saturated heterocycles. The van der Waals surface area contributed by atoms with E-state index in [-0.39, 0.29) is 0 Å². The Kier molecular flexibility index (Phi) is 11.8. The van der Waals surface area contributed by atoms with Crippen LogP contribution in [0, 0.1) is 74.1 Å². The second-order valence-electron chi connectivity index (χ2n) is 19.2. The number of nitrogens with zero attached hydrogens (tertiary/aromatic N) is 5. The van der Waals surface area contributed by atoms with Crippen LogP contribution in [0.2, 0.25) is 0 Å². The van der Waals surface area contributed by atoms with E-state index in [1.54, 1.807) is 0 Å². The first kappa shape index (κ1) is 47.9. The van der Waals surface area contributed by atoms with Crippen molar-refractivity contribution < 1.29 is 0 Å². The van der Waals surface area contributed by atoms with Crippen molar-refractivity contribution in [3.8, 4) is 153 Å². The van der Waals surface area contributed by atoms with Crippen molar-refractivity contribution in [3.63, 3.8) is 0 Å². The molecule has 10 aromatic carbocycles. The van der Waals surface area contributed by atoms with Gasteiger partial charge < -0.3 is 4.57 Å². The summed E-state index contributed by atoms with van der Waals surface area (Å²) in [5.41, 5.74) is 16.4. The number of hydrogen-bond acceptors (Lipinski definition) is 3. The van der Waals surface area contributed by atoms with Crippen LogP contribution in [0.5, 0.6) is 0 Å². The molecule has 5 nitrogen and oxygen atoms in total. The van der Waals surface area contributed by atoms with Crippen molar-refractivity contribution >= 4 is 43.6 Å². The van der Waals surface area contributed by atoms with E-state index < -0.39 is 0 Å². The molecular weight excluding hydrogens is 971 g/mol. The lowest BCUT2D eigenvalue weighted by atomic mass is 9.85. The maximum absolute atomic E-state index is 6.34. The zero-order valence-electron chi connectivity index (χ0n) is 42.9. The van der Waals surface area contributed by atoms with Crippen molar-refractivity contribution in [2.45, 2.75) is 0 Å². The summed E-state index contributed by atoms with van der Waals surface area (Å²) in [6, 6.07) is 71.6. The highest BCUT2D eigenvalue weighted by Crippen LogP contribution is 2.44. The zero-order valence-corrected chi connectivity index (χ0v) is 42.9. The average molecular weight is 1010 g/mol. The molecule has 80 heavy (non-hydrogen) atoms. The molecule has 0 atom stereocenters. The van der Waals surface area contributed by atoms with Crippen LogP contribution in [0.15, 0.2) is 212 Å². The minimum atomic E-state index is 0.423. The monoisotopic (exact) mass is 1010 g/mol. The summed E-state index contributed by atoms with van der Waals surface area (Å²) in [5.74, 6) is 18.4. The quantitative estimate of drug-likeness (QED) is 0.143. The van der Waals surface area contributed by atoms with Gasteiger partial charge in [0.15, 0.2) is 11.6 Å². The van der Waals surface area contributed by atoms with Gasteiger partial charge in [-0.3, -0.25) is 4.57 Å². The summed E-state index contributed by atoms with van der Waals surface area (Å²) in [4.78, 5) is 16.3. The summed E-state index contributed by atoms with van der Waals surface area (Å²) >= 11 is 0. The van der Waals surface area contributed by atoms with Gasteiger partial charge in [-0.05, 0) is 111 Å². The van der Waals surface area contributed by atoms with Gasteiger partial charge in [-0.15, -0.1) is 38.5 Å². The number of fused-ring (bicyclic) bond motifs is 7. The molecule has 13 aromatic rings. The lowest BCUT2D eigenvalue weighted by Crippen LogP contribution is -2.07. The smallest absolute Gasteiger partial charge is 0.238 e. The predicted octanol–water partition coefficient (Wildman–Crippen LogP) is 16.0. The number of terminal acetylenes is 6. The first-order chi connectivity index (χ1) is 39.4. The van der Waals surface area contributed by atoms with Gasteiger partial charge in [0.05, 0.1) is 22.1 Å². The molecule has 3 heterocycles. The Labute approximate surface area is 463 Å². The molecule has 0 radical (unpaired) electrons. The molecule has 0 unspecified atom stereocenters. The molecule has 0 amide bonds. The van der Waals surface area contributed by atoms with E-state index in [2.05, 4.69) is 166 Å². The van der Waals surface area contributed by atoms with Gasteiger partial charge in [0.25, 0.3) is 0 Å². The number of aromatic nitrogens is 5. The van der Waals surface area contributed by atoms with Gasteiger partial charge in [0.2, 0.25) is 5.95 Å². The van der Waals surface area contributed by atoms with E-state index in [0.717, 1.165) is 99.4 Å². The van der Waals surface area contributed by atoms with Crippen molar-refractivity contribution in [3.05, 3.63) is 246 Å². The summed E-state index contributed by atoms with van der Waals surface area (Å²) in [6.07, 6.45) is 37.1. The van der Waals surface area contributed by atoms with E-state index in [9.17, 15) is 0 Å². The van der Waals surface area contributed by atoms with Gasteiger partial charge in [-0.2, -0.15) is 9.97 Å². The molecule has 0 bridgehead atoms. The molecular formula is C75H41N5. The van der Waals surface area contributed by atoms with Crippen LogP contribution in [0.1, 0.15) is 33.4 Å². The first-order valence-corrected chi connectivity index (χ1v) is 25.8. The highest BCUT2D eigenvalue weighted by Gasteiger charge is 2.25. The summed E-state index contributed by atoms with van der Waals surface area (Å²) < 4.78 is 4.54. The standard InChI is InChI=1S/C75H41N5/c1-7-48-28-23-35-60(57(48)10-4)54-44-53(52-40-41-63(61-36-24-29-49(8-2)58(61)11-5)68(47-52)62-37-25-30-50(9-3)59(62)12-6)45-55(46-54)74-76-73(51-26-15-13-16-27-51)77-75(78-74)80-70-39-22-20-34-65(70)67-43-42-66-64-33-19-21-38-69(64)79(71(66)72(67)80)56-31-17-14-18-32-56/h1-6,13-47H. The molecule has 0 saturated carbocycles. The normalized spacial score (nSPS) is 10.9. The van der Waals surface area contributed by atoms with E-state index >= 15 is 0 Å². The van der Waals surface area contributed by atoms with Crippen molar-refractivity contribution in [2.75, 3.05) is 0 Å². The maximum Gasteiger partial charge on any atom is 0.238 e. The van der Waals surface area contributed by atoms with Crippen molar-refractivity contribution in [1.82, 2.24) is 24.1 Å². The average Bonchev–Trinajstić information content (AvgIpc) is 4.14. The van der Waals surface area contributed by atoms with Crippen LogP contribution in [-0.2, 0) is 0 Å². The summed E-state index contributed by atoms with van der Waals surface area (Å²) in [6.45, 7) is 0. The van der Waals surface area contributed by atoms with Gasteiger partial charge in [0.1, 0.15) is 0 Å². The minimum Gasteiger partial charge on any atom is -0.307 e. The van der Waals surface area contributed by atoms with Gasteiger partial charge in [0, 0.05) is 71.7 Å². The Balaban J connectivity index is 1.13. The fourth-order valence-electron chi connectivity index (χ4n) is 11.3. The molecule has 0 aliphatic rings. The Morgan fingerprint density at radius 1 is 0.287 bits per heavy atom. The Morgan fingerprint density at radius 3 is 1.35 bits per heavy atom. The van der Waals surface area contributed by atoms with Crippen LogP contribution in [0.3, 0.4) is 0 Å². The van der Waals surface area contributed by atoms with Crippen LogP contribution < -0.4 is 0 Å². The fourth-order valence-corrected chi connectivity index (χ4v) is 11.3. The van der Waals surface area contributed by atoms with Crippen LogP contribution in [-0.4, -0.2) is 24.1 Å². The summed E-state index contributed by atoms with van der Waals surface area (Å²) in [7, 11) is 0. The second-order valence-corrected chi connectivity index (χ2v) is 19.2. The molecule has 3 aromatic heterocycles. The molecule has 13 rings (SSSR count). The molecule has 0 spiro atoms. The minimum absolute atomic E-state index is 0.423. The Morgan fingerprint density at radius 2 is 0.762 bits per heavy atom. The number of rotatable bonds is 8. The molecule has 0 aliphatic heterocycles. The molecule has 0 N–H and O–H groups in total. The summed E-state index contributed by atoms with van der Waals surface area (Å²) in [5, 5.41) is 4.33. The predicted molar refractivity (Wildman–Crippen MR) is 329 cm³/mol. The zero-order chi connectivity index (χ0) is 54.4. The third-order valence-corrected chi connectivity index (χ3v) is 14.9. The second kappa shape index (κ2) is 19.7. The van der Waals surface area contributed by atoms with Crippen LogP contribution in [0.4, 0.5) is 0 Å². The van der Waals surface area contributed by atoms with Gasteiger partial charge in [-0.1, -0.05) is 181 Å². The van der Waals surface area contributed by atoms with Crippen molar-refractivity contribution in [2.24, 2.45) is 0 Å². The molecule has 0 fully saturated rings. The number of hydrogen-bond donors (Lipinski definition) is 0. The fraction of sp³-hybridized carbons (Fsp3) is 0. The lowest BCUT2D eigenvalue weighted by molar-refractivity contribution is 0.953. The SMILES string of the molecule is C#Cc1cccc(-c2cc(-c3ccc(-c4cccc(C#C)c4C#C)c(-c4cccc(C#C)c4C#C)c3)cc(-c3nc(-c4ccccc4)nc(-n4c5ccccc5c5ccc6c7ccccc7n(-c7ccccc7)c6c54)n3)c2)c1C#C. The van der Waals surface area contributed by atoms with Crippen LogP contribution >= 0.6 is 0 Å². The van der Waals surface area contributed by atoms with E-state index in [1.807, 2.05) is 91.0 Å². The number of para-hydroxylation sites is 3. The van der Waals surface area contributed by atoms with Crippen LogP contribution in [0.25, 0.3) is 123 Å². The highest BCUT2D eigenvalue weighted by atomic mass is 15.2. The molecule has 5 heteroatoms. The van der Waals surface area contributed by atoms with E-state index in [0.29, 0.717) is 56.5 Å². The molecule has 366 valence electrons. The topological polar surface area (TPSA) is 48.5 Å². The maximum atomic E-state index is 6.34. The largest absolute Gasteiger partial charge is 0.307 e. The van der Waals surface area contributed by atoms with E-state index in [4.69, 9.17) is 53.5 Å². The lowest BCUT2D eigenvalue weighted by Gasteiger charge is -2.18. The Bertz CT molecular complexity index is 5010. The number of benzene rings is 10. The Hall–Kier alpha value is -11.8. The van der Waals surface area contributed by atoms with E-state index in [1.165, 1.54) is 0 Å². The first-order valence-electron chi connectivity index (χ1n) is 25.8. The molecule has 0 aliphatic carbocycles. The highest BCUT2D eigenvalue weighted by molar-refractivity contribution is 6.23. The van der Waals surface area contributed by atoms with Gasteiger partial charge in [-0.25, -0.2) is 4.98 Å². The third-order valence-electron chi connectivity index (χ3n) is 14.9. The third kappa shape index (κ3) is 7.77. The van der Waals surface area contributed by atoms with Crippen molar-refractivity contribution in [1.29, 1.82) is 0 Å².